The van der Waals surface area contributed by atoms with E-state index in [1.165, 1.54) is 3.97 Å². The van der Waals surface area contributed by atoms with Crippen molar-refractivity contribution in [3.63, 3.8) is 0 Å². The number of hydrogen-bond acceptors (Lipinski definition) is 3. The van der Waals surface area contributed by atoms with Crippen LogP contribution in [0.25, 0.3) is 11.0 Å². The van der Waals surface area contributed by atoms with Crippen LogP contribution in [0.2, 0.25) is 0 Å². The van der Waals surface area contributed by atoms with E-state index >= 15 is 0 Å². The standard InChI is InChI=1S/C14H15BN2O2S/c1-10-3-2-4-11(9-10)20(18,19)17-8-6-12-13(15)5-7-16-14(12)17/h2,4-10H,3,15H2,1H3. The molecule has 0 bridgehead atoms. The first-order valence-electron chi connectivity index (χ1n) is 6.57. The monoisotopic (exact) mass is 286 g/mol. The predicted octanol–water partition coefficient (Wildman–Crippen LogP) is 0.952. The summed E-state index contributed by atoms with van der Waals surface area (Å²) < 4.78 is 26.7. The maximum atomic E-state index is 12.7. The van der Waals surface area contributed by atoms with Gasteiger partial charge in [-0.05, 0) is 30.5 Å². The van der Waals surface area contributed by atoms with E-state index in [9.17, 15) is 8.42 Å². The van der Waals surface area contributed by atoms with Gasteiger partial charge in [0.1, 0.15) is 7.85 Å². The van der Waals surface area contributed by atoms with Gasteiger partial charge in [0.25, 0.3) is 10.0 Å². The van der Waals surface area contributed by atoms with Gasteiger partial charge in [0.2, 0.25) is 0 Å². The summed E-state index contributed by atoms with van der Waals surface area (Å²) in [5.74, 6) is 0.237. The summed E-state index contributed by atoms with van der Waals surface area (Å²) >= 11 is 0. The number of nitrogens with zero attached hydrogens (tertiary/aromatic N) is 2. The molecule has 0 aromatic carbocycles. The minimum atomic E-state index is -3.57. The zero-order chi connectivity index (χ0) is 14.3. The second-order valence-corrected chi connectivity index (χ2v) is 6.98. The molecule has 4 nitrogen and oxygen atoms in total. The van der Waals surface area contributed by atoms with E-state index in [0.29, 0.717) is 10.6 Å². The molecule has 6 heteroatoms. The molecule has 3 rings (SSSR count). The highest BCUT2D eigenvalue weighted by Crippen LogP contribution is 2.24. The van der Waals surface area contributed by atoms with Crippen molar-refractivity contribution < 1.29 is 8.42 Å². The lowest BCUT2D eigenvalue weighted by Gasteiger charge is -2.14. The Bertz CT molecular complexity index is 834. The Morgan fingerprint density at radius 3 is 2.95 bits per heavy atom. The average molecular weight is 286 g/mol. The lowest BCUT2D eigenvalue weighted by Crippen LogP contribution is -2.16. The maximum absolute atomic E-state index is 12.7. The summed E-state index contributed by atoms with van der Waals surface area (Å²) in [4.78, 5) is 4.56. The Balaban J connectivity index is 2.20. The molecular formula is C14H15BN2O2S. The van der Waals surface area contributed by atoms with Gasteiger partial charge in [-0.2, -0.15) is 0 Å². The molecule has 20 heavy (non-hydrogen) atoms. The summed E-state index contributed by atoms with van der Waals surface area (Å²) in [6.07, 6.45) is 9.48. The van der Waals surface area contributed by atoms with Crippen molar-refractivity contribution in [1.29, 1.82) is 0 Å². The minimum absolute atomic E-state index is 0.237. The molecule has 2 aromatic heterocycles. The van der Waals surface area contributed by atoms with Crippen LogP contribution >= 0.6 is 0 Å². The van der Waals surface area contributed by atoms with E-state index in [2.05, 4.69) is 4.98 Å². The number of fused-ring (bicyclic) bond motifs is 1. The van der Waals surface area contributed by atoms with Crippen LogP contribution in [0.3, 0.4) is 0 Å². The molecule has 0 radical (unpaired) electrons. The van der Waals surface area contributed by atoms with Gasteiger partial charge in [-0.3, -0.25) is 0 Å². The zero-order valence-electron chi connectivity index (χ0n) is 11.4. The van der Waals surface area contributed by atoms with E-state index in [1.54, 1.807) is 30.6 Å². The van der Waals surface area contributed by atoms with Crippen molar-refractivity contribution >= 4 is 34.4 Å². The van der Waals surface area contributed by atoms with E-state index in [-0.39, 0.29) is 5.92 Å². The first-order chi connectivity index (χ1) is 9.50. The molecule has 0 saturated heterocycles. The normalized spacial score (nSPS) is 19.2. The van der Waals surface area contributed by atoms with E-state index in [1.807, 2.05) is 26.9 Å². The number of aromatic nitrogens is 2. The van der Waals surface area contributed by atoms with Gasteiger partial charge >= 0.3 is 0 Å². The molecule has 0 amide bonds. The van der Waals surface area contributed by atoms with Crippen LogP contribution in [-0.2, 0) is 10.0 Å². The Labute approximate surface area is 119 Å². The Morgan fingerprint density at radius 1 is 1.40 bits per heavy atom. The molecule has 0 aliphatic heterocycles. The van der Waals surface area contributed by atoms with Crippen molar-refractivity contribution in [2.75, 3.05) is 0 Å². The third kappa shape index (κ3) is 2.00. The van der Waals surface area contributed by atoms with Gasteiger partial charge in [0, 0.05) is 17.8 Å². The van der Waals surface area contributed by atoms with Gasteiger partial charge in [-0.25, -0.2) is 17.4 Å². The summed E-state index contributed by atoms with van der Waals surface area (Å²) in [5.41, 5.74) is 1.50. The van der Waals surface area contributed by atoms with Gasteiger partial charge in [0.15, 0.2) is 5.65 Å². The van der Waals surface area contributed by atoms with E-state index < -0.39 is 10.0 Å². The molecule has 1 atom stereocenters. The number of hydrogen-bond donors (Lipinski definition) is 0. The quantitative estimate of drug-likeness (QED) is 0.772. The highest BCUT2D eigenvalue weighted by molar-refractivity contribution is 7.94. The molecule has 0 N–H and O–H groups in total. The molecular weight excluding hydrogens is 271 g/mol. The molecule has 0 saturated carbocycles. The number of pyridine rings is 1. The maximum Gasteiger partial charge on any atom is 0.269 e. The fourth-order valence-corrected chi connectivity index (χ4v) is 3.93. The molecule has 1 unspecified atom stereocenters. The molecule has 1 aliphatic carbocycles. The van der Waals surface area contributed by atoms with Crippen LogP contribution in [0, 0.1) is 5.92 Å². The van der Waals surface area contributed by atoms with E-state index in [0.717, 1.165) is 17.3 Å². The smallest absolute Gasteiger partial charge is 0.237 e. The fourth-order valence-electron chi connectivity index (χ4n) is 2.43. The second-order valence-electron chi connectivity index (χ2n) is 5.17. The van der Waals surface area contributed by atoms with Gasteiger partial charge < -0.3 is 0 Å². The van der Waals surface area contributed by atoms with Gasteiger partial charge in [-0.15, -0.1) is 0 Å². The van der Waals surface area contributed by atoms with Crippen LogP contribution in [0.1, 0.15) is 13.3 Å². The second kappa shape index (κ2) is 4.63. The molecule has 0 fully saturated rings. The topological polar surface area (TPSA) is 52.0 Å². The summed E-state index contributed by atoms with van der Waals surface area (Å²) in [7, 11) is -1.62. The summed E-state index contributed by atoms with van der Waals surface area (Å²) in [6, 6.07) is 3.67. The average Bonchev–Trinajstić information content (AvgIpc) is 2.85. The molecule has 0 spiro atoms. The van der Waals surface area contributed by atoms with Crippen LogP contribution in [-0.4, -0.2) is 25.2 Å². The van der Waals surface area contributed by atoms with Crippen molar-refractivity contribution in [2.24, 2.45) is 5.92 Å². The number of rotatable bonds is 2. The van der Waals surface area contributed by atoms with Crippen LogP contribution in [0.4, 0.5) is 0 Å². The van der Waals surface area contributed by atoms with Crippen molar-refractivity contribution in [3.05, 3.63) is 47.7 Å². The van der Waals surface area contributed by atoms with Gasteiger partial charge in [0.05, 0.1) is 4.91 Å². The third-order valence-corrected chi connectivity index (χ3v) is 5.25. The highest BCUT2D eigenvalue weighted by atomic mass is 32.2. The van der Waals surface area contributed by atoms with Crippen molar-refractivity contribution in [2.45, 2.75) is 13.3 Å². The van der Waals surface area contributed by atoms with Crippen molar-refractivity contribution in [1.82, 2.24) is 8.96 Å². The molecule has 1 aliphatic rings. The largest absolute Gasteiger partial charge is 0.269 e. The highest BCUT2D eigenvalue weighted by Gasteiger charge is 2.22. The number of allylic oxidation sites excluding steroid dienone is 3. The van der Waals surface area contributed by atoms with Gasteiger partial charge in [-0.1, -0.05) is 24.5 Å². The zero-order valence-corrected chi connectivity index (χ0v) is 12.3. The van der Waals surface area contributed by atoms with Crippen LogP contribution in [0.15, 0.2) is 47.7 Å². The first kappa shape index (κ1) is 13.2. The first-order valence-corrected chi connectivity index (χ1v) is 8.01. The SMILES string of the molecule is Bc1ccnc2c1ccn2S(=O)(=O)C1=CC(C)CC=C1. The Morgan fingerprint density at radius 2 is 2.20 bits per heavy atom. The van der Waals surface area contributed by atoms with Crippen molar-refractivity contribution in [3.8, 4) is 0 Å². The van der Waals surface area contributed by atoms with Crippen LogP contribution in [0.5, 0.6) is 0 Å². The lowest BCUT2D eigenvalue weighted by atomic mass is 9.95. The van der Waals surface area contributed by atoms with E-state index in [4.69, 9.17) is 0 Å². The predicted molar refractivity (Wildman–Crippen MR) is 83.2 cm³/mol. The lowest BCUT2D eigenvalue weighted by molar-refractivity contribution is 0.594. The fraction of sp³-hybridized carbons (Fsp3) is 0.214. The van der Waals surface area contributed by atoms with Crippen LogP contribution < -0.4 is 5.46 Å². The molecule has 2 heterocycles. The minimum Gasteiger partial charge on any atom is -0.237 e. The summed E-state index contributed by atoms with van der Waals surface area (Å²) in [6.45, 7) is 2.01. The molecule has 102 valence electrons. The molecule has 2 aromatic rings. The summed E-state index contributed by atoms with van der Waals surface area (Å²) in [5, 5.41) is 0.865. The Kier molecular flexibility index (Phi) is 3.05. The third-order valence-electron chi connectivity index (χ3n) is 3.57. The Hall–Kier alpha value is -1.82.